The van der Waals surface area contributed by atoms with Crippen molar-refractivity contribution < 1.29 is 4.39 Å². The first kappa shape index (κ1) is 7.72. The van der Waals surface area contributed by atoms with Crippen molar-refractivity contribution in [3.8, 4) is 5.69 Å². The molecule has 0 bridgehead atoms. The van der Waals surface area contributed by atoms with Crippen LogP contribution in [0.1, 0.15) is 0 Å². The third kappa shape index (κ3) is 1.35. The Kier molecular flexibility index (Phi) is 1.70. The number of hydrogen-bond acceptors (Lipinski definition) is 2. The van der Waals surface area contributed by atoms with Gasteiger partial charge in [-0.25, -0.2) is 9.18 Å². The fourth-order valence-corrected chi connectivity index (χ4v) is 1.05. The minimum Gasteiger partial charge on any atom is -0.295 e. The third-order valence-corrected chi connectivity index (χ3v) is 1.61. The van der Waals surface area contributed by atoms with E-state index >= 15 is 0 Å². The van der Waals surface area contributed by atoms with Gasteiger partial charge >= 0.3 is 5.69 Å². The summed E-state index contributed by atoms with van der Waals surface area (Å²) in [5, 5.41) is 3.71. The number of H-pyrrole nitrogens is 1. The average Bonchev–Trinajstić information content (AvgIpc) is 2.51. The molecule has 0 spiro atoms. The lowest BCUT2D eigenvalue weighted by Crippen LogP contribution is -2.15. The second-order valence-electron chi connectivity index (χ2n) is 2.49. The molecule has 0 fully saturated rings. The Hall–Kier alpha value is -1.91. The van der Waals surface area contributed by atoms with Crippen molar-refractivity contribution in [3.05, 3.63) is 46.9 Å². The van der Waals surface area contributed by atoms with Crippen LogP contribution in [0.15, 0.2) is 35.4 Å². The molecule has 0 aliphatic carbocycles. The van der Waals surface area contributed by atoms with Crippen LogP contribution in [0.2, 0.25) is 0 Å². The van der Waals surface area contributed by atoms with E-state index in [9.17, 15) is 9.18 Å². The SMILES string of the molecule is O=c1[nH]cnn1-c1cccc(F)c1. The first-order valence-electron chi connectivity index (χ1n) is 3.66. The Bertz CT molecular complexity index is 474. The lowest BCUT2D eigenvalue weighted by molar-refractivity contribution is 0.625. The molecule has 1 aromatic heterocycles. The van der Waals surface area contributed by atoms with Crippen LogP contribution in [0.5, 0.6) is 0 Å². The van der Waals surface area contributed by atoms with Gasteiger partial charge in [0.15, 0.2) is 0 Å². The number of rotatable bonds is 1. The fraction of sp³-hybridized carbons (Fsp3) is 0. The lowest BCUT2D eigenvalue weighted by Gasteiger charge is -1.97. The molecular weight excluding hydrogens is 173 g/mol. The molecule has 0 amide bonds. The standard InChI is InChI=1S/C8H6FN3O/c9-6-2-1-3-7(4-6)12-8(13)10-5-11-12/h1-5H,(H,10,11,13). The number of nitrogens with one attached hydrogen (secondary N) is 1. The van der Waals surface area contributed by atoms with E-state index in [1.165, 1.54) is 24.5 Å². The quantitative estimate of drug-likeness (QED) is 0.700. The number of nitrogens with zero attached hydrogens (tertiary/aromatic N) is 2. The van der Waals surface area contributed by atoms with Crippen LogP contribution in [0.4, 0.5) is 4.39 Å². The second-order valence-corrected chi connectivity index (χ2v) is 2.49. The Morgan fingerprint density at radius 1 is 1.46 bits per heavy atom. The second kappa shape index (κ2) is 2.85. The maximum absolute atomic E-state index is 12.7. The molecule has 1 aromatic carbocycles. The van der Waals surface area contributed by atoms with Gasteiger partial charge in [-0.05, 0) is 18.2 Å². The molecule has 5 heteroatoms. The summed E-state index contributed by atoms with van der Waals surface area (Å²) in [7, 11) is 0. The fourth-order valence-electron chi connectivity index (χ4n) is 1.05. The number of hydrogen-bond donors (Lipinski definition) is 1. The van der Waals surface area contributed by atoms with Gasteiger partial charge in [0, 0.05) is 0 Å². The summed E-state index contributed by atoms with van der Waals surface area (Å²) in [5.41, 5.74) is 0.0249. The first-order valence-corrected chi connectivity index (χ1v) is 3.66. The average molecular weight is 179 g/mol. The molecule has 0 radical (unpaired) electrons. The van der Waals surface area contributed by atoms with E-state index < -0.39 is 5.82 Å². The Morgan fingerprint density at radius 2 is 2.31 bits per heavy atom. The monoisotopic (exact) mass is 179 g/mol. The van der Waals surface area contributed by atoms with Crippen molar-refractivity contribution in [2.45, 2.75) is 0 Å². The highest BCUT2D eigenvalue weighted by Gasteiger charge is 2.01. The van der Waals surface area contributed by atoms with E-state index in [0.29, 0.717) is 5.69 Å². The van der Waals surface area contributed by atoms with Crippen molar-refractivity contribution in [1.29, 1.82) is 0 Å². The molecule has 0 saturated carbocycles. The summed E-state index contributed by atoms with van der Waals surface area (Å²) in [5.74, 6) is -0.396. The Balaban J connectivity index is 2.59. The molecule has 0 atom stereocenters. The molecule has 1 heterocycles. The van der Waals surface area contributed by atoms with E-state index in [-0.39, 0.29) is 5.69 Å². The van der Waals surface area contributed by atoms with E-state index in [1.54, 1.807) is 6.07 Å². The molecule has 4 nitrogen and oxygen atoms in total. The summed E-state index contributed by atoms with van der Waals surface area (Å²) in [6.45, 7) is 0. The zero-order valence-corrected chi connectivity index (χ0v) is 6.57. The minimum absolute atomic E-state index is 0.384. The molecule has 66 valence electrons. The molecule has 0 saturated heterocycles. The molecular formula is C8H6FN3O. The summed E-state index contributed by atoms with van der Waals surface area (Å²) < 4.78 is 13.8. The van der Waals surface area contributed by atoms with Gasteiger partial charge in [0.1, 0.15) is 12.1 Å². The van der Waals surface area contributed by atoms with E-state index in [2.05, 4.69) is 10.1 Å². The molecule has 2 rings (SSSR count). The third-order valence-electron chi connectivity index (χ3n) is 1.61. The van der Waals surface area contributed by atoms with Crippen LogP contribution in [0, 0.1) is 5.82 Å². The van der Waals surface area contributed by atoms with Crippen LogP contribution in [-0.2, 0) is 0 Å². The predicted octanol–water partition coefficient (Wildman–Crippen LogP) is 0.700. The van der Waals surface area contributed by atoms with Crippen molar-refractivity contribution in [3.63, 3.8) is 0 Å². The topological polar surface area (TPSA) is 50.7 Å². The van der Waals surface area contributed by atoms with E-state index in [1.807, 2.05) is 0 Å². The van der Waals surface area contributed by atoms with Crippen LogP contribution in [0.25, 0.3) is 5.69 Å². The lowest BCUT2D eigenvalue weighted by atomic mass is 10.3. The maximum atomic E-state index is 12.7. The number of aromatic nitrogens is 3. The smallest absolute Gasteiger partial charge is 0.295 e. The van der Waals surface area contributed by atoms with Gasteiger partial charge in [-0.15, -0.1) is 0 Å². The van der Waals surface area contributed by atoms with Gasteiger partial charge in [0.25, 0.3) is 0 Å². The van der Waals surface area contributed by atoms with E-state index in [4.69, 9.17) is 0 Å². The number of benzene rings is 1. The highest BCUT2D eigenvalue weighted by Crippen LogP contribution is 2.04. The van der Waals surface area contributed by atoms with Gasteiger partial charge in [-0.3, -0.25) is 4.98 Å². The number of halogens is 1. The molecule has 2 aromatic rings. The summed E-state index contributed by atoms with van der Waals surface area (Å²) >= 11 is 0. The van der Waals surface area contributed by atoms with Crippen LogP contribution in [-0.4, -0.2) is 14.8 Å². The Morgan fingerprint density at radius 3 is 2.92 bits per heavy atom. The highest BCUT2D eigenvalue weighted by molar-refractivity contribution is 5.29. The zero-order valence-electron chi connectivity index (χ0n) is 6.57. The number of aromatic amines is 1. The predicted molar refractivity (Wildman–Crippen MR) is 44.1 cm³/mol. The van der Waals surface area contributed by atoms with Gasteiger partial charge in [0.05, 0.1) is 5.69 Å². The van der Waals surface area contributed by atoms with Gasteiger partial charge in [0.2, 0.25) is 0 Å². The van der Waals surface area contributed by atoms with E-state index in [0.717, 1.165) is 4.68 Å². The van der Waals surface area contributed by atoms with Crippen molar-refractivity contribution >= 4 is 0 Å². The minimum atomic E-state index is -0.396. The molecule has 0 aliphatic heterocycles. The van der Waals surface area contributed by atoms with Crippen LogP contribution in [0.3, 0.4) is 0 Å². The molecule has 13 heavy (non-hydrogen) atoms. The summed E-state index contributed by atoms with van der Waals surface area (Å²) in [4.78, 5) is 13.4. The molecule has 0 unspecified atom stereocenters. The van der Waals surface area contributed by atoms with Crippen LogP contribution >= 0.6 is 0 Å². The Labute approximate surface area is 72.6 Å². The van der Waals surface area contributed by atoms with Crippen molar-refractivity contribution in [1.82, 2.24) is 14.8 Å². The molecule has 0 aliphatic rings. The van der Waals surface area contributed by atoms with Gasteiger partial charge in [-0.2, -0.15) is 9.78 Å². The normalized spacial score (nSPS) is 10.2. The summed E-state index contributed by atoms with van der Waals surface area (Å²) in [6.07, 6.45) is 1.26. The largest absolute Gasteiger partial charge is 0.347 e. The van der Waals surface area contributed by atoms with Crippen molar-refractivity contribution in [2.24, 2.45) is 0 Å². The molecule has 1 N–H and O–H groups in total. The highest BCUT2D eigenvalue weighted by atomic mass is 19.1. The first-order chi connectivity index (χ1) is 6.27. The maximum Gasteiger partial charge on any atom is 0.347 e. The van der Waals surface area contributed by atoms with Crippen LogP contribution < -0.4 is 5.69 Å². The van der Waals surface area contributed by atoms with Crippen molar-refractivity contribution in [2.75, 3.05) is 0 Å². The zero-order chi connectivity index (χ0) is 9.26. The summed E-state index contributed by atoms with van der Waals surface area (Å²) in [6, 6.07) is 5.67. The van der Waals surface area contributed by atoms with Gasteiger partial charge in [-0.1, -0.05) is 6.07 Å². The van der Waals surface area contributed by atoms with Gasteiger partial charge < -0.3 is 0 Å².